The second-order valence-electron chi connectivity index (χ2n) is 5.58. The highest BCUT2D eigenvalue weighted by atomic mass is 32.2. The molecule has 0 radical (unpaired) electrons. The first-order valence-corrected chi connectivity index (χ1v) is 9.08. The fourth-order valence-electron chi connectivity index (χ4n) is 2.45. The first kappa shape index (κ1) is 17.3. The number of aromatic nitrogens is 2. The third-order valence-corrected chi connectivity index (χ3v) is 4.45. The van der Waals surface area contributed by atoms with Crippen molar-refractivity contribution in [3.05, 3.63) is 48.3 Å². The van der Waals surface area contributed by atoms with Gasteiger partial charge in [-0.3, -0.25) is 4.79 Å². The van der Waals surface area contributed by atoms with Gasteiger partial charge >= 0.3 is 0 Å². The molecular weight excluding hydrogens is 373 g/mol. The number of fused-ring (bicyclic) bond motifs is 1. The summed E-state index contributed by atoms with van der Waals surface area (Å²) in [6.07, 6.45) is 0. The summed E-state index contributed by atoms with van der Waals surface area (Å²) in [5.74, 6) is 0.914. The van der Waals surface area contributed by atoms with E-state index in [1.54, 1.807) is 30.3 Å². The normalized spacial score (nSPS) is 12.6. The van der Waals surface area contributed by atoms with Crippen LogP contribution >= 0.6 is 11.8 Å². The number of amides is 1. The minimum absolute atomic E-state index is 0.0826. The van der Waals surface area contributed by atoms with Crippen molar-refractivity contribution in [2.24, 2.45) is 0 Å². The summed E-state index contributed by atoms with van der Waals surface area (Å²) < 4.78 is 29.6. The van der Waals surface area contributed by atoms with E-state index in [1.807, 2.05) is 0 Å². The quantitative estimate of drug-likeness (QED) is 0.672. The lowest BCUT2D eigenvalue weighted by Crippen LogP contribution is -2.17. The van der Waals surface area contributed by atoms with E-state index in [2.05, 4.69) is 15.5 Å². The molecule has 0 spiro atoms. The maximum Gasteiger partial charge on any atom is 0.277 e. The Bertz CT molecular complexity index is 979. The number of anilines is 1. The number of hydrogen-bond acceptors (Lipinski definition) is 7. The van der Waals surface area contributed by atoms with Gasteiger partial charge in [-0.25, -0.2) is 4.39 Å². The van der Waals surface area contributed by atoms with Crippen molar-refractivity contribution in [1.82, 2.24) is 10.2 Å². The topological polar surface area (TPSA) is 86.5 Å². The molecule has 27 heavy (non-hydrogen) atoms. The van der Waals surface area contributed by atoms with Crippen LogP contribution in [0.5, 0.6) is 11.5 Å². The summed E-state index contributed by atoms with van der Waals surface area (Å²) in [4.78, 5) is 12.1. The summed E-state index contributed by atoms with van der Waals surface area (Å²) in [5.41, 5.74) is 1.09. The van der Waals surface area contributed by atoms with E-state index in [0.717, 1.165) is 11.8 Å². The number of rotatable bonds is 5. The summed E-state index contributed by atoms with van der Waals surface area (Å²) >= 11 is 1.09. The molecule has 4 rings (SSSR count). The van der Waals surface area contributed by atoms with Gasteiger partial charge in [0.1, 0.15) is 19.0 Å². The van der Waals surface area contributed by atoms with Crippen molar-refractivity contribution in [2.45, 2.75) is 5.22 Å². The molecule has 1 N–H and O–H groups in total. The van der Waals surface area contributed by atoms with Crippen molar-refractivity contribution >= 4 is 23.4 Å². The van der Waals surface area contributed by atoms with E-state index >= 15 is 0 Å². The molecule has 0 unspecified atom stereocenters. The fraction of sp³-hybridized carbons (Fsp3) is 0.167. The Morgan fingerprint density at radius 2 is 1.96 bits per heavy atom. The summed E-state index contributed by atoms with van der Waals surface area (Å²) in [7, 11) is 0. The van der Waals surface area contributed by atoms with Gasteiger partial charge in [0.15, 0.2) is 11.5 Å². The van der Waals surface area contributed by atoms with Gasteiger partial charge in [0.2, 0.25) is 11.8 Å². The van der Waals surface area contributed by atoms with Crippen LogP contribution in [-0.2, 0) is 4.79 Å². The number of benzene rings is 2. The largest absolute Gasteiger partial charge is 0.486 e. The average molecular weight is 387 g/mol. The molecule has 0 fully saturated rings. The van der Waals surface area contributed by atoms with E-state index in [4.69, 9.17) is 13.9 Å². The van der Waals surface area contributed by atoms with Crippen LogP contribution in [0.25, 0.3) is 11.5 Å². The summed E-state index contributed by atoms with van der Waals surface area (Å²) in [5, 5.41) is 10.7. The van der Waals surface area contributed by atoms with E-state index in [-0.39, 0.29) is 22.8 Å². The van der Waals surface area contributed by atoms with Gasteiger partial charge in [-0.15, -0.1) is 10.2 Å². The Labute approximate surface area is 157 Å². The molecule has 7 nitrogen and oxygen atoms in total. The van der Waals surface area contributed by atoms with Crippen molar-refractivity contribution in [3.63, 3.8) is 0 Å². The highest BCUT2D eigenvalue weighted by molar-refractivity contribution is 7.99. The van der Waals surface area contributed by atoms with Crippen LogP contribution in [0.1, 0.15) is 0 Å². The predicted octanol–water partition coefficient (Wildman–Crippen LogP) is 3.38. The zero-order valence-corrected chi connectivity index (χ0v) is 14.8. The van der Waals surface area contributed by atoms with Crippen LogP contribution in [0.2, 0.25) is 0 Å². The number of carbonyl (C=O) groups excluding carboxylic acids is 1. The van der Waals surface area contributed by atoms with Gasteiger partial charge in [0, 0.05) is 17.3 Å². The Kier molecular flexibility index (Phi) is 4.93. The lowest BCUT2D eigenvalue weighted by Gasteiger charge is -2.18. The minimum atomic E-state index is -0.390. The van der Waals surface area contributed by atoms with E-state index in [9.17, 15) is 9.18 Å². The third kappa shape index (κ3) is 4.20. The zero-order valence-electron chi connectivity index (χ0n) is 14.0. The molecule has 2 heterocycles. The number of hydrogen-bond donors (Lipinski definition) is 1. The second-order valence-corrected chi connectivity index (χ2v) is 6.51. The number of nitrogens with zero attached hydrogens (tertiary/aromatic N) is 2. The molecule has 1 aliphatic rings. The highest BCUT2D eigenvalue weighted by Gasteiger charge is 2.14. The maximum atomic E-state index is 13.3. The molecule has 0 bridgehead atoms. The van der Waals surface area contributed by atoms with Crippen molar-refractivity contribution in [3.8, 4) is 23.0 Å². The Balaban J connectivity index is 1.34. The van der Waals surface area contributed by atoms with Crippen LogP contribution < -0.4 is 14.8 Å². The van der Waals surface area contributed by atoms with Gasteiger partial charge in [-0.1, -0.05) is 17.8 Å². The molecule has 138 valence electrons. The maximum absolute atomic E-state index is 13.3. The van der Waals surface area contributed by atoms with Gasteiger partial charge in [-0.2, -0.15) is 0 Å². The first-order valence-electron chi connectivity index (χ1n) is 8.09. The minimum Gasteiger partial charge on any atom is -0.486 e. The Morgan fingerprint density at radius 1 is 1.11 bits per heavy atom. The number of carbonyl (C=O) groups is 1. The van der Waals surface area contributed by atoms with E-state index < -0.39 is 5.82 Å². The van der Waals surface area contributed by atoms with Crippen LogP contribution in [0.3, 0.4) is 0 Å². The number of nitrogens with one attached hydrogen (secondary N) is 1. The molecule has 1 amide bonds. The number of ether oxygens (including phenoxy) is 2. The van der Waals surface area contributed by atoms with E-state index in [0.29, 0.717) is 36.0 Å². The van der Waals surface area contributed by atoms with Crippen LogP contribution in [0.15, 0.2) is 52.1 Å². The molecule has 9 heteroatoms. The Hall–Kier alpha value is -3.07. The molecule has 1 aromatic heterocycles. The van der Waals surface area contributed by atoms with E-state index in [1.165, 1.54) is 12.1 Å². The standard InChI is InChI=1S/C18H14FN3O4S/c19-12-3-1-2-11(8-12)17-21-22-18(26-17)27-10-16(23)20-13-4-5-14-15(9-13)25-7-6-24-14/h1-5,8-9H,6-7,10H2,(H,20,23). The SMILES string of the molecule is O=C(CSc1nnc(-c2cccc(F)c2)o1)Nc1ccc2c(c1)OCCO2. The lowest BCUT2D eigenvalue weighted by molar-refractivity contribution is -0.113. The summed E-state index contributed by atoms with van der Waals surface area (Å²) in [6.45, 7) is 0.988. The smallest absolute Gasteiger partial charge is 0.277 e. The van der Waals surface area contributed by atoms with Gasteiger partial charge in [-0.05, 0) is 30.3 Å². The fourth-order valence-corrected chi connectivity index (χ4v) is 3.01. The average Bonchev–Trinajstić information content (AvgIpc) is 3.15. The van der Waals surface area contributed by atoms with Crippen molar-refractivity contribution < 1.29 is 23.1 Å². The molecular formula is C18H14FN3O4S. The molecule has 0 saturated heterocycles. The van der Waals surface area contributed by atoms with Gasteiger partial charge in [0.25, 0.3) is 5.22 Å². The summed E-state index contributed by atoms with van der Waals surface area (Å²) in [6, 6.07) is 11.1. The second kappa shape index (κ2) is 7.67. The molecule has 1 aliphatic heterocycles. The lowest BCUT2D eigenvalue weighted by atomic mass is 10.2. The van der Waals surface area contributed by atoms with Crippen LogP contribution in [-0.4, -0.2) is 35.1 Å². The van der Waals surface area contributed by atoms with Gasteiger partial charge in [0.05, 0.1) is 5.75 Å². The molecule has 0 aliphatic carbocycles. The third-order valence-electron chi connectivity index (χ3n) is 3.63. The van der Waals surface area contributed by atoms with Crippen molar-refractivity contribution in [1.29, 1.82) is 0 Å². The predicted molar refractivity (Wildman–Crippen MR) is 96.5 cm³/mol. The van der Waals surface area contributed by atoms with Crippen LogP contribution in [0.4, 0.5) is 10.1 Å². The molecule has 0 saturated carbocycles. The van der Waals surface area contributed by atoms with Crippen LogP contribution in [0, 0.1) is 5.82 Å². The molecule has 3 aromatic rings. The molecule has 0 atom stereocenters. The van der Waals surface area contributed by atoms with Gasteiger partial charge < -0.3 is 19.2 Å². The number of thioether (sulfide) groups is 1. The highest BCUT2D eigenvalue weighted by Crippen LogP contribution is 2.32. The zero-order chi connectivity index (χ0) is 18.6. The monoisotopic (exact) mass is 387 g/mol. The van der Waals surface area contributed by atoms with Crippen molar-refractivity contribution in [2.75, 3.05) is 24.3 Å². The number of halogens is 1. The first-order chi connectivity index (χ1) is 13.2. The Morgan fingerprint density at radius 3 is 2.81 bits per heavy atom. The molecule has 2 aromatic carbocycles.